The standard InChI is InChI=1S/C10H17NS.2C2H6/c1-4-9-7-8(2)5-6-10(9)12-11-3;2*1-2/h5-7,9-11H,4H2,1-3H3;2*1-2H3. The van der Waals surface area contributed by atoms with E-state index in [1.54, 1.807) is 11.9 Å². The summed E-state index contributed by atoms with van der Waals surface area (Å²) in [6.07, 6.45) is 8.10. The molecule has 16 heavy (non-hydrogen) atoms. The van der Waals surface area contributed by atoms with E-state index in [0.717, 1.165) is 0 Å². The highest BCUT2D eigenvalue weighted by Gasteiger charge is 2.17. The number of hydrogen-bond acceptors (Lipinski definition) is 2. The zero-order valence-corrected chi connectivity index (χ0v) is 12.8. The Bertz CT molecular complexity index is 197. The normalized spacial score (nSPS) is 22.3. The lowest BCUT2D eigenvalue weighted by atomic mass is 9.94. The van der Waals surface area contributed by atoms with Crippen molar-refractivity contribution in [3.8, 4) is 0 Å². The van der Waals surface area contributed by atoms with Crippen LogP contribution in [0.1, 0.15) is 48.0 Å². The number of allylic oxidation sites excluding steroid dienone is 3. The van der Waals surface area contributed by atoms with E-state index in [2.05, 4.69) is 36.8 Å². The van der Waals surface area contributed by atoms with Crippen molar-refractivity contribution in [3.05, 3.63) is 23.8 Å². The molecule has 0 aromatic heterocycles. The lowest BCUT2D eigenvalue weighted by Gasteiger charge is -2.23. The van der Waals surface area contributed by atoms with Gasteiger partial charge in [0.1, 0.15) is 0 Å². The SMILES string of the molecule is CC.CC.CCC1C=C(C)C=CC1SNC. The van der Waals surface area contributed by atoms with Crippen molar-refractivity contribution in [1.82, 2.24) is 4.72 Å². The molecule has 0 bridgehead atoms. The second kappa shape index (κ2) is 12.9. The van der Waals surface area contributed by atoms with Crippen molar-refractivity contribution in [2.24, 2.45) is 5.92 Å². The van der Waals surface area contributed by atoms with Crippen LogP contribution in [0.4, 0.5) is 0 Å². The summed E-state index contributed by atoms with van der Waals surface area (Å²) >= 11 is 1.81. The second-order valence-corrected chi connectivity index (χ2v) is 4.32. The maximum absolute atomic E-state index is 3.15. The van der Waals surface area contributed by atoms with Gasteiger partial charge < -0.3 is 0 Å². The van der Waals surface area contributed by atoms with E-state index in [-0.39, 0.29) is 0 Å². The van der Waals surface area contributed by atoms with Gasteiger partial charge in [-0.1, -0.05) is 70.4 Å². The maximum Gasteiger partial charge on any atom is 0.0438 e. The Kier molecular flexibility index (Phi) is 14.6. The molecule has 1 aliphatic rings. The summed E-state index contributed by atoms with van der Waals surface area (Å²) in [5.74, 6) is 0.701. The molecular weight excluding hydrogens is 214 g/mol. The zero-order chi connectivity index (χ0) is 13.0. The van der Waals surface area contributed by atoms with Crippen molar-refractivity contribution < 1.29 is 0 Å². The van der Waals surface area contributed by atoms with Crippen LogP contribution in [0.3, 0.4) is 0 Å². The second-order valence-electron chi connectivity index (χ2n) is 3.13. The van der Waals surface area contributed by atoms with Crippen LogP contribution in [-0.2, 0) is 0 Å². The molecular formula is C14H29NS. The fraction of sp³-hybridized carbons (Fsp3) is 0.714. The van der Waals surface area contributed by atoms with Crippen LogP contribution >= 0.6 is 11.9 Å². The van der Waals surface area contributed by atoms with Crippen LogP contribution in [0, 0.1) is 5.92 Å². The van der Waals surface area contributed by atoms with Crippen LogP contribution in [0.2, 0.25) is 0 Å². The van der Waals surface area contributed by atoms with Crippen molar-refractivity contribution in [3.63, 3.8) is 0 Å². The average molecular weight is 243 g/mol. The summed E-state index contributed by atoms with van der Waals surface area (Å²) in [7, 11) is 1.98. The molecule has 1 N–H and O–H groups in total. The highest BCUT2D eigenvalue weighted by molar-refractivity contribution is 7.98. The van der Waals surface area contributed by atoms with E-state index in [1.165, 1.54) is 12.0 Å². The quantitative estimate of drug-likeness (QED) is 0.713. The molecule has 2 heteroatoms. The summed E-state index contributed by atoms with van der Waals surface area (Å²) < 4.78 is 3.15. The molecule has 0 spiro atoms. The van der Waals surface area contributed by atoms with Gasteiger partial charge in [-0.15, -0.1) is 0 Å². The van der Waals surface area contributed by atoms with Gasteiger partial charge in [-0.3, -0.25) is 4.72 Å². The molecule has 0 aromatic rings. The molecule has 0 saturated heterocycles. The first-order valence-corrected chi connectivity index (χ1v) is 7.35. The van der Waals surface area contributed by atoms with E-state index >= 15 is 0 Å². The van der Waals surface area contributed by atoms with Crippen LogP contribution in [0.25, 0.3) is 0 Å². The maximum atomic E-state index is 3.15. The lowest BCUT2D eigenvalue weighted by Crippen LogP contribution is -2.18. The molecule has 0 saturated carbocycles. The van der Waals surface area contributed by atoms with Crippen molar-refractivity contribution in [2.45, 2.75) is 53.2 Å². The third kappa shape index (κ3) is 7.13. The monoisotopic (exact) mass is 243 g/mol. The fourth-order valence-electron chi connectivity index (χ4n) is 1.49. The van der Waals surface area contributed by atoms with Crippen molar-refractivity contribution in [1.29, 1.82) is 0 Å². The van der Waals surface area contributed by atoms with Crippen LogP contribution in [0.5, 0.6) is 0 Å². The molecule has 2 atom stereocenters. The summed E-state index contributed by atoms with van der Waals surface area (Å²) in [4.78, 5) is 0. The predicted octanol–water partition coefficient (Wildman–Crippen LogP) is 4.82. The molecule has 0 fully saturated rings. The molecule has 1 aliphatic carbocycles. The van der Waals surface area contributed by atoms with Gasteiger partial charge in [0.15, 0.2) is 0 Å². The lowest BCUT2D eigenvalue weighted by molar-refractivity contribution is 0.639. The van der Waals surface area contributed by atoms with Gasteiger partial charge in [0.2, 0.25) is 0 Å². The Morgan fingerprint density at radius 2 is 1.81 bits per heavy atom. The zero-order valence-electron chi connectivity index (χ0n) is 12.0. The van der Waals surface area contributed by atoms with Gasteiger partial charge in [-0.2, -0.15) is 0 Å². The molecule has 1 nitrogen and oxygen atoms in total. The number of hydrogen-bond donors (Lipinski definition) is 1. The Morgan fingerprint density at radius 1 is 1.25 bits per heavy atom. The Hall–Kier alpha value is -0.210. The predicted molar refractivity (Wildman–Crippen MR) is 79.8 cm³/mol. The number of nitrogens with one attached hydrogen (secondary N) is 1. The Labute approximate surface area is 107 Å². The molecule has 96 valence electrons. The first-order chi connectivity index (χ1) is 7.77. The van der Waals surface area contributed by atoms with Gasteiger partial charge in [-0.25, -0.2) is 0 Å². The summed E-state index contributed by atoms with van der Waals surface area (Å²) in [6.45, 7) is 12.4. The molecule has 0 heterocycles. The highest BCUT2D eigenvalue weighted by Crippen LogP contribution is 2.27. The number of rotatable bonds is 3. The van der Waals surface area contributed by atoms with E-state index in [4.69, 9.17) is 0 Å². The van der Waals surface area contributed by atoms with E-state index in [1.807, 2.05) is 34.7 Å². The van der Waals surface area contributed by atoms with Crippen molar-refractivity contribution >= 4 is 11.9 Å². The van der Waals surface area contributed by atoms with Gasteiger partial charge in [0.05, 0.1) is 0 Å². The summed E-state index contributed by atoms with van der Waals surface area (Å²) in [6, 6.07) is 0. The molecule has 0 radical (unpaired) electrons. The van der Waals surface area contributed by atoms with Crippen LogP contribution in [-0.4, -0.2) is 12.3 Å². The minimum Gasteiger partial charge on any atom is -0.267 e. The summed E-state index contributed by atoms with van der Waals surface area (Å²) in [5, 5.41) is 0.615. The summed E-state index contributed by atoms with van der Waals surface area (Å²) in [5.41, 5.74) is 1.40. The van der Waals surface area contributed by atoms with Gasteiger partial charge >= 0.3 is 0 Å². The molecule has 2 unspecified atom stereocenters. The minimum atomic E-state index is 0.615. The topological polar surface area (TPSA) is 12.0 Å². The fourth-order valence-corrected chi connectivity index (χ4v) is 2.37. The van der Waals surface area contributed by atoms with Crippen LogP contribution in [0.15, 0.2) is 23.8 Å². The molecule has 1 rings (SSSR count). The molecule has 0 aliphatic heterocycles. The third-order valence-electron chi connectivity index (χ3n) is 2.17. The van der Waals surface area contributed by atoms with Gasteiger partial charge in [-0.05, 0) is 26.3 Å². The van der Waals surface area contributed by atoms with E-state index in [9.17, 15) is 0 Å². The molecule has 0 amide bonds. The third-order valence-corrected chi connectivity index (χ3v) is 3.19. The first-order valence-electron chi connectivity index (χ1n) is 6.47. The molecule has 0 aromatic carbocycles. The minimum absolute atomic E-state index is 0.615. The van der Waals surface area contributed by atoms with E-state index in [0.29, 0.717) is 11.2 Å². The largest absolute Gasteiger partial charge is 0.267 e. The Balaban J connectivity index is 0. The highest BCUT2D eigenvalue weighted by atomic mass is 32.2. The smallest absolute Gasteiger partial charge is 0.0438 e. The average Bonchev–Trinajstić information content (AvgIpc) is 2.36. The van der Waals surface area contributed by atoms with Gasteiger partial charge in [0.25, 0.3) is 0 Å². The Morgan fingerprint density at radius 3 is 2.25 bits per heavy atom. The van der Waals surface area contributed by atoms with Gasteiger partial charge in [0, 0.05) is 5.25 Å². The van der Waals surface area contributed by atoms with Crippen LogP contribution < -0.4 is 4.72 Å². The van der Waals surface area contributed by atoms with Crippen molar-refractivity contribution in [2.75, 3.05) is 7.05 Å². The first kappa shape index (κ1) is 18.2. The van der Waals surface area contributed by atoms with E-state index < -0.39 is 0 Å².